The Morgan fingerprint density at radius 3 is 2.72 bits per heavy atom. The molecule has 1 aromatic carbocycles. The zero-order valence-corrected chi connectivity index (χ0v) is 9.64. The molecule has 0 radical (unpaired) electrons. The molecule has 0 amide bonds. The van der Waals surface area contributed by atoms with Crippen molar-refractivity contribution in [2.75, 3.05) is 7.11 Å². The summed E-state index contributed by atoms with van der Waals surface area (Å²) in [7, 11) is 1.53. The third-order valence-corrected chi connectivity index (χ3v) is 2.55. The Hall–Kier alpha value is -2.56. The van der Waals surface area contributed by atoms with Gasteiger partial charge in [0.25, 0.3) is 5.56 Å². The first-order valence-corrected chi connectivity index (χ1v) is 5.23. The van der Waals surface area contributed by atoms with Gasteiger partial charge in [-0.05, 0) is 12.1 Å². The van der Waals surface area contributed by atoms with Gasteiger partial charge in [-0.2, -0.15) is 0 Å². The molecule has 0 fully saturated rings. The molecule has 5 heteroatoms. The predicted molar refractivity (Wildman–Crippen MR) is 66.0 cm³/mol. The maximum Gasteiger partial charge on any atom is 0.341 e. The second-order valence-electron chi connectivity index (χ2n) is 3.64. The SMILES string of the molecule is COc1ccccc1-c1c[nH]c(=O)c(C(=O)O)c1. The van der Waals surface area contributed by atoms with Crippen LogP contribution in [0.4, 0.5) is 0 Å². The third kappa shape index (κ3) is 2.10. The fourth-order valence-electron chi connectivity index (χ4n) is 1.68. The number of pyridine rings is 1. The average molecular weight is 245 g/mol. The van der Waals surface area contributed by atoms with Gasteiger partial charge in [0.15, 0.2) is 0 Å². The van der Waals surface area contributed by atoms with Crippen LogP contribution in [-0.4, -0.2) is 23.2 Å². The van der Waals surface area contributed by atoms with Gasteiger partial charge in [-0.3, -0.25) is 4.79 Å². The van der Waals surface area contributed by atoms with E-state index in [9.17, 15) is 9.59 Å². The van der Waals surface area contributed by atoms with Gasteiger partial charge in [0.05, 0.1) is 7.11 Å². The second kappa shape index (κ2) is 4.75. The summed E-state index contributed by atoms with van der Waals surface area (Å²) in [5, 5.41) is 8.91. The molecule has 5 nitrogen and oxygen atoms in total. The lowest BCUT2D eigenvalue weighted by molar-refractivity contribution is 0.0695. The number of nitrogens with one attached hydrogen (secondary N) is 1. The molecular weight excluding hydrogens is 234 g/mol. The zero-order valence-electron chi connectivity index (χ0n) is 9.64. The Kier molecular flexibility index (Phi) is 3.14. The molecule has 2 N–H and O–H groups in total. The van der Waals surface area contributed by atoms with Crippen LogP contribution in [0.15, 0.2) is 41.3 Å². The topological polar surface area (TPSA) is 79.4 Å². The van der Waals surface area contributed by atoms with Crippen LogP contribution in [0.3, 0.4) is 0 Å². The summed E-state index contributed by atoms with van der Waals surface area (Å²) in [6.45, 7) is 0. The smallest absolute Gasteiger partial charge is 0.341 e. The Labute approximate surface area is 103 Å². The largest absolute Gasteiger partial charge is 0.496 e. The van der Waals surface area contributed by atoms with Crippen molar-refractivity contribution in [1.82, 2.24) is 4.98 Å². The number of benzene rings is 1. The molecular formula is C13H11NO4. The number of carboxylic acids is 1. The third-order valence-electron chi connectivity index (χ3n) is 2.55. The molecule has 0 aliphatic rings. The van der Waals surface area contributed by atoms with Crippen LogP contribution in [0.25, 0.3) is 11.1 Å². The minimum atomic E-state index is -1.26. The number of hydrogen-bond acceptors (Lipinski definition) is 3. The number of aromatic amines is 1. The van der Waals surface area contributed by atoms with Gasteiger partial charge in [0.2, 0.25) is 0 Å². The molecule has 92 valence electrons. The number of para-hydroxylation sites is 1. The number of aromatic carboxylic acids is 1. The monoisotopic (exact) mass is 245 g/mol. The molecule has 0 atom stereocenters. The summed E-state index contributed by atoms with van der Waals surface area (Å²) in [6.07, 6.45) is 1.46. The van der Waals surface area contributed by atoms with Crippen molar-refractivity contribution in [3.8, 4) is 16.9 Å². The fraction of sp³-hybridized carbons (Fsp3) is 0.0769. The lowest BCUT2D eigenvalue weighted by Crippen LogP contribution is -2.16. The molecule has 0 aliphatic heterocycles. The lowest BCUT2D eigenvalue weighted by atomic mass is 10.0. The fourth-order valence-corrected chi connectivity index (χ4v) is 1.68. The van der Waals surface area contributed by atoms with E-state index in [1.807, 2.05) is 12.1 Å². The first-order chi connectivity index (χ1) is 8.63. The van der Waals surface area contributed by atoms with Gasteiger partial charge in [-0.15, -0.1) is 0 Å². The molecule has 18 heavy (non-hydrogen) atoms. The summed E-state index contributed by atoms with van der Waals surface area (Å²) in [5.41, 5.74) is 0.391. The van der Waals surface area contributed by atoms with Crippen molar-refractivity contribution in [2.45, 2.75) is 0 Å². The number of carboxylic acid groups (broad SMARTS) is 1. The van der Waals surface area contributed by atoms with Crippen LogP contribution in [0.2, 0.25) is 0 Å². The van der Waals surface area contributed by atoms with Gasteiger partial charge in [0.1, 0.15) is 11.3 Å². The van der Waals surface area contributed by atoms with E-state index in [4.69, 9.17) is 9.84 Å². The summed E-state index contributed by atoms with van der Waals surface area (Å²) < 4.78 is 5.19. The molecule has 0 aliphatic carbocycles. The van der Waals surface area contributed by atoms with E-state index in [1.54, 1.807) is 12.1 Å². The van der Waals surface area contributed by atoms with E-state index >= 15 is 0 Å². The van der Waals surface area contributed by atoms with Gasteiger partial charge in [-0.1, -0.05) is 18.2 Å². The summed E-state index contributed by atoms with van der Waals surface area (Å²) in [6, 6.07) is 8.51. The molecule has 0 spiro atoms. The first-order valence-electron chi connectivity index (χ1n) is 5.23. The van der Waals surface area contributed by atoms with E-state index in [0.717, 1.165) is 5.56 Å². The molecule has 2 aromatic rings. The zero-order chi connectivity index (χ0) is 13.1. The van der Waals surface area contributed by atoms with Crippen molar-refractivity contribution in [1.29, 1.82) is 0 Å². The van der Waals surface area contributed by atoms with E-state index < -0.39 is 11.5 Å². The van der Waals surface area contributed by atoms with Gasteiger partial charge in [0, 0.05) is 17.3 Å². The highest BCUT2D eigenvalue weighted by Crippen LogP contribution is 2.28. The van der Waals surface area contributed by atoms with Gasteiger partial charge in [-0.25, -0.2) is 4.79 Å². The van der Waals surface area contributed by atoms with Crippen molar-refractivity contribution >= 4 is 5.97 Å². The van der Waals surface area contributed by atoms with Crippen LogP contribution < -0.4 is 10.3 Å². The van der Waals surface area contributed by atoms with Gasteiger partial charge < -0.3 is 14.8 Å². The minimum absolute atomic E-state index is 0.293. The highest BCUT2D eigenvalue weighted by molar-refractivity contribution is 5.89. The molecule has 0 unspecified atom stereocenters. The van der Waals surface area contributed by atoms with E-state index in [0.29, 0.717) is 11.3 Å². The summed E-state index contributed by atoms with van der Waals surface area (Å²) in [4.78, 5) is 24.6. The van der Waals surface area contributed by atoms with Crippen LogP contribution in [0.1, 0.15) is 10.4 Å². The standard InChI is InChI=1S/C13H11NO4/c1-18-11-5-3-2-4-9(11)8-6-10(13(16)17)12(15)14-7-8/h2-7H,1H3,(H,14,15)(H,16,17). The van der Waals surface area contributed by atoms with Gasteiger partial charge >= 0.3 is 5.97 Å². The number of carbonyl (C=O) groups is 1. The Bertz CT molecular complexity index is 645. The van der Waals surface area contributed by atoms with Crippen molar-refractivity contribution in [2.24, 2.45) is 0 Å². The summed E-state index contributed by atoms with van der Waals surface area (Å²) in [5.74, 6) is -0.645. The Balaban J connectivity index is 2.61. The minimum Gasteiger partial charge on any atom is -0.496 e. The lowest BCUT2D eigenvalue weighted by Gasteiger charge is -2.08. The van der Waals surface area contributed by atoms with E-state index in [-0.39, 0.29) is 5.56 Å². The van der Waals surface area contributed by atoms with Crippen molar-refractivity contribution in [3.63, 3.8) is 0 Å². The van der Waals surface area contributed by atoms with E-state index in [2.05, 4.69) is 4.98 Å². The van der Waals surface area contributed by atoms with E-state index in [1.165, 1.54) is 19.4 Å². The molecule has 0 saturated heterocycles. The Morgan fingerprint density at radius 2 is 2.06 bits per heavy atom. The molecule has 2 rings (SSSR count). The molecule has 0 bridgehead atoms. The van der Waals surface area contributed by atoms with Crippen molar-refractivity contribution < 1.29 is 14.6 Å². The number of methoxy groups -OCH3 is 1. The maximum atomic E-state index is 11.3. The number of ether oxygens (including phenoxy) is 1. The normalized spacial score (nSPS) is 10.1. The first kappa shape index (κ1) is 11.9. The molecule has 1 aromatic heterocycles. The highest BCUT2D eigenvalue weighted by atomic mass is 16.5. The molecule has 1 heterocycles. The van der Waals surface area contributed by atoms with Crippen LogP contribution in [0, 0.1) is 0 Å². The maximum absolute atomic E-state index is 11.3. The number of aromatic nitrogens is 1. The second-order valence-corrected chi connectivity index (χ2v) is 3.64. The number of hydrogen-bond donors (Lipinski definition) is 2. The highest BCUT2D eigenvalue weighted by Gasteiger charge is 2.12. The quantitative estimate of drug-likeness (QED) is 0.863. The van der Waals surface area contributed by atoms with Crippen molar-refractivity contribution in [3.05, 3.63) is 52.4 Å². The number of rotatable bonds is 3. The van der Waals surface area contributed by atoms with Crippen LogP contribution in [0.5, 0.6) is 5.75 Å². The van der Waals surface area contributed by atoms with Crippen LogP contribution in [-0.2, 0) is 0 Å². The Morgan fingerprint density at radius 1 is 1.33 bits per heavy atom. The average Bonchev–Trinajstić information content (AvgIpc) is 2.39. The predicted octanol–water partition coefficient (Wildman–Crippen LogP) is 1.75. The van der Waals surface area contributed by atoms with Crippen LogP contribution >= 0.6 is 0 Å². The number of H-pyrrole nitrogens is 1. The summed E-state index contributed by atoms with van der Waals surface area (Å²) >= 11 is 0. The molecule has 0 saturated carbocycles.